The van der Waals surface area contributed by atoms with E-state index in [0.29, 0.717) is 5.52 Å². The number of likely N-dealkylation sites (tertiary alicyclic amines) is 1. The standard InChI is InChI=1S/C19H20N2O3S.C2HF3O2/c1-24-19-9-8-18-16(17(19)14-20-11-5-12-20)10-13-21(18)25(22,23)15-6-3-2-4-7-15;3-2(4,5)1(6)7/h2-4,6-10,13H,5,11-12,14H2,1H3;(H,6,7). The van der Waals surface area contributed by atoms with Crippen molar-refractivity contribution in [1.29, 1.82) is 0 Å². The summed E-state index contributed by atoms with van der Waals surface area (Å²) in [5.41, 5.74) is 1.72. The number of alkyl halides is 3. The molecule has 1 N–H and O–H groups in total. The van der Waals surface area contributed by atoms with Crippen molar-refractivity contribution in [1.82, 2.24) is 8.87 Å². The average Bonchev–Trinajstić information content (AvgIpc) is 3.16. The van der Waals surface area contributed by atoms with Gasteiger partial charge in [-0.15, -0.1) is 0 Å². The first-order valence-corrected chi connectivity index (χ1v) is 11.0. The highest BCUT2D eigenvalue weighted by atomic mass is 32.2. The van der Waals surface area contributed by atoms with Gasteiger partial charge < -0.3 is 9.84 Å². The molecule has 1 aliphatic heterocycles. The van der Waals surface area contributed by atoms with Crippen LogP contribution in [0.1, 0.15) is 12.0 Å². The molecule has 0 atom stereocenters. The van der Waals surface area contributed by atoms with E-state index >= 15 is 0 Å². The number of carboxylic acids is 1. The number of halogens is 3. The number of carbonyl (C=O) groups is 1. The summed E-state index contributed by atoms with van der Waals surface area (Å²) in [4.78, 5) is 11.5. The van der Waals surface area contributed by atoms with Gasteiger partial charge in [0.25, 0.3) is 10.0 Å². The van der Waals surface area contributed by atoms with Crippen LogP contribution >= 0.6 is 0 Å². The molecule has 0 saturated carbocycles. The fourth-order valence-corrected chi connectivity index (χ4v) is 4.63. The van der Waals surface area contributed by atoms with Crippen molar-refractivity contribution in [3.8, 4) is 5.75 Å². The number of hydrogen-bond acceptors (Lipinski definition) is 5. The number of methoxy groups -OCH3 is 1. The predicted octanol–water partition coefficient (Wildman–Crippen LogP) is 3.73. The molecule has 3 aromatic rings. The lowest BCUT2D eigenvalue weighted by molar-refractivity contribution is -0.192. The van der Waals surface area contributed by atoms with Gasteiger partial charge >= 0.3 is 12.1 Å². The molecule has 0 amide bonds. The normalized spacial score (nSPS) is 14.4. The van der Waals surface area contributed by atoms with E-state index in [1.54, 1.807) is 37.6 Å². The molecule has 0 bridgehead atoms. The summed E-state index contributed by atoms with van der Waals surface area (Å²) in [6.45, 7) is 2.92. The molecule has 1 aliphatic rings. The number of aliphatic carboxylic acids is 1. The van der Waals surface area contributed by atoms with Crippen molar-refractivity contribution in [3.63, 3.8) is 0 Å². The van der Waals surface area contributed by atoms with Crippen LogP contribution in [0.15, 0.2) is 59.6 Å². The monoisotopic (exact) mass is 470 g/mol. The van der Waals surface area contributed by atoms with Crippen LogP contribution in [0, 0.1) is 0 Å². The smallest absolute Gasteiger partial charge is 0.490 e. The van der Waals surface area contributed by atoms with Gasteiger partial charge in [0, 0.05) is 23.7 Å². The maximum atomic E-state index is 13.0. The third-order valence-electron chi connectivity index (χ3n) is 5.00. The molecule has 4 rings (SSSR count). The highest BCUT2D eigenvalue weighted by Crippen LogP contribution is 2.32. The molecule has 0 radical (unpaired) electrons. The molecule has 2 aromatic carbocycles. The van der Waals surface area contributed by atoms with E-state index in [9.17, 15) is 21.6 Å². The number of hydrogen-bond donors (Lipinski definition) is 1. The summed E-state index contributed by atoms with van der Waals surface area (Å²) in [5.74, 6) is -1.96. The minimum atomic E-state index is -5.08. The van der Waals surface area contributed by atoms with Crippen LogP contribution in [0.25, 0.3) is 10.9 Å². The van der Waals surface area contributed by atoms with Crippen LogP contribution in [-0.2, 0) is 21.4 Å². The second-order valence-electron chi connectivity index (χ2n) is 7.04. The van der Waals surface area contributed by atoms with Gasteiger partial charge in [0.05, 0.1) is 17.5 Å². The molecular weight excluding hydrogens is 449 g/mol. The number of nitrogens with zero attached hydrogens (tertiary/aromatic N) is 2. The molecule has 32 heavy (non-hydrogen) atoms. The van der Waals surface area contributed by atoms with Gasteiger partial charge in [0.2, 0.25) is 0 Å². The van der Waals surface area contributed by atoms with Crippen molar-refractivity contribution in [3.05, 3.63) is 60.3 Å². The Morgan fingerprint density at radius 1 is 1.09 bits per heavy atom. The lowest BCUT2D eigenvalue weighted by Crippen LogP contribution is -2.36. The molecule has 7 nitrogen and oxygen atoms in total. The van der Waals surface area contributed by atoms with E-state index < -0.39 is 22.2 Å². The van der Waals surface area contributed by atoms with E-state index in [2.05, 4.69) is 4.90 Å². The zero-order valence-electron chi connectivity index (χ0n) is 17.0. The van der Waals surface area contributed by atoms with Gasteiger partial charge in [-0.3, -0.25) is 4.90 Å². The number of fused-ring (bicyclic) bond motifs is 1. The zero-order valence-corrected chi connectivity index (χ0v) is 17.9. The molecule has 0 aliphatic carbocycles. The summed E-state index contributed by atoms with van der Waals surface area (Å²) in [6.07, 6.45) is -2.24. The first kappa shape index (κ1) is 23.6. The predicted molar refractivity (Wildman–Crippen MR) is 111 cm³/mol. The Balaban J connectivity index is 0.000000360. The second kappa shape index (κ2) is 9.21. The molecule has 0 unspecified atom stereocenters. The van der Waals surface area contributed by atoms with Crippen LogP contribution in [0.2, 0.25) is 0 Å². The van der Waals surface area contributed by atoms with Crippen molar-refractivity contribution in [2.45, 2.75) is 24.0 Å². The highest BCUT2D eigenvalue weighted by molar-refractivity contribution is 7.90. The van der Waals surface area contributed by atoms with E-state index in [1.807, 2.05) is 24.3 Å². The SMILES string of the molecule is COc1ccc2c(ccn2S(=O)(=O)c2ccccc2)c1CN1CCC1.O=C(O)C(F)(F)F. The Bertz CT molecular complexity index is 1200. The quantitative estimate of drug-likeness (QED) is 0.612. The molecule has 172 valence electrons. The first-order chi connectivity index (χ1) is 15.1. The molecular formula is C21H21F3N2O5S. The maximum absolute atomic E-state index is 13.0. The third kappa shape index (κ3) is 4.89. The van der Waals surface area contributed by atoms with E-state index in [-0.39, 0.29) is 4.90 Å². The van der Waals surface area contributed by atoms with Gasteiger partial charge in [0.15, 0.2) is 0 Å². The summed E-state index contributed by atoms with van der Waals surface area (Å²) >= 11 is 0. The van der Waals surface area contributed by atoms with Gasteiger partial charge in [-0.05, 0) is 49.8 Å². The van der Waals surface area contributed by atoms with Crippen LogP contribution in [-0.4, -0.2) is 54.7 Å². The average molecular weight is 470 g/mol. The summed E-state index contributed by atoms with van der Waals surface area (Å²) in [6, 6.07) is 14.0. The number of rotatable bonds is 5. The number of aromatic nitrogens is 1. The Hall–Kier alpha value is -3.05. The summed E-state index contributed by atoms with van der Waals surface area (Å²) in [5, 5.41) is 8.05. The molecule has 1 fully saturated rings. The molecule has 2 heterocycles. The van der Waals surface area contributed by atoms with Crippen LogP contribution in [0.4, 0.5) is 13.2 Å². The van der Waals surface area contributed by atoms with Crippen molar-refractivity contribution < 1.29 is 36.2 Å². The van der Waals surface area contributed by atoms with Crippen LogP contribution in [0.3, 0.4) is 0 Å². The Labute approximate surface area is 182 Å². The molecule has 11 heteroatoms. The number of benzene rings is 2. The highest BCUT2D eigenvalue weighted by Gasteiger charge is 2.38. The Kier molecular flexibility index (Phi) is 6.79. The topological polar surface area (TPSA) is 88.8 Å². The molecule has 1 aromatic heterocycles. The van der Waals surface area contributed by atoms with Gasteiger partial charge in [-0.25, -0.2) is 17.2 Å². The maximum Gasteiger partial charge on any atom is 0.490 e. The molecule has 0 spiro atoms. The summed E-state index contributed by atoms with van der Waals surface area (Å²) < 4.78 is 64.6. The van der Waals surface area contributed by atoms with Crippen molar-refractivity contribution >= 4 is 26.9 Å². The van der Waals surface area contributed by atoms with Gasteiger partial charge in [-0.2, -0.15) is 13.2 Å². The largest absolute Gasteiger partial charge is 0.496 e. The summed E-state index contributed by atoms with van der Waals surface area (Å²) in [7, 11) is -1.97. The Morgan fingerprint density at radius 2 is 1.72 bits per heavy atom. The van der Waals surface area contributed by atoms with E-state index in [1.165, 1.54) is 10.4 Å². The lowest BCUT2D eigenvalue weighted by Gasteiger charge is -2.31. The van der Waals surface area contributed by atoms with Crippen LogP contribution in [0.5, 0.6) is 5.75 Å². The second-order valence-corrected chi connectivity index (χ2v) is 8.86. The van der Waals surface area contributed by atoms with Crippen molar-refractivity contribution in [2.75, 3.05) is 20.2 Å². The van der Waals surface area contributed by atoms with Crippen molar-refractivity contribution in [2.24, 2.45) is 0 Å². The van der Waals surface area contributed by atoms with E-state index in [0.717, 1.165) is 36.3 Å². The number of ether oxygens (including phenoxy) is 1. The first-order valence-electron chi connectivity index (χ1n) is 9.55. The number of carboxylic acid groups (broad SMARTS) is 1. The fourth-order valence-electron chi connectivity index (χ4n) is 3.27. The zero-order chi connectivity index (χ0) is 23.5. The fraction of sp³-hybridized carbons (Fsp3) is 0.286. The minimum absolute atomic E-state index is 0.285. The lowest BCUT2D eigenvalue weighted by atomic mass is 10.1. The van der Waals surface area contributed by atoms with E-state index in [4.69, 9.17) is 14.6 Å². The van der Waals surface area contributed by atoms with Crippen LogP contribution < -0.4 is 4.74 Å². The third-order valence-corrected chi connectivity index (χ3v) is 6.70. The van der Waals surface area contributed by atoms with Gasteiger partial charge in [-0.1, -0.05) is 18.2 Å². The minimum Gasteiger partial charge on any atom is -0.496 e. The van der Waals surface area contributed by atoms with Gasteiger partial charge in [0.1, 0.15) is 5.75 Å². The molecule has 1 saturated heterocycles. The Morgan fingerprint density at radius 3 is 2.22 bits per heavy atom.